The first kappa shape index (κ1) is 39.3. The molecule has 52 heavy (non-hydrogen) atoms. The van der Waals surface area contributed by atoms with Crippen LogP contribution in [0, 0.1) is 27.7 Å². The maximum Gasteiger partial charge on any atom is 0.166 e. The molecule has 0 spiro atoms. The van der Waals surface area contributed by atoms with Gasteiger partial charge < -0.3 is 9.47 Å². The number of rotatable bonds is 16. The first-order valence-corrected chi connectivity index (χ1v) is 20.7. The monoisotopic (exact) mass is 736 g/mol. The van der Waals surface area contributed by atoms with Gasteiger partial charge in [0.15, 0.2) is 11.5 Å². The number of unbranched alkanes of at least 4 members (excludes halogenated alkanes) is 4. The number of fused-ring (bicyclic) bond motifs is 2. The zero-order valence-corrected chi connectivity index (χ0v) is 34.2. The summed E-state index contributed by atoms with van der Waals surface area (Å²) in [6.45, 7) is 18.7. The average molecular weight is 737 g/mol. The summed E-state index contributed by atoms with van der Waals surface area (Å²) in [7, 11) is 0. The summed E-state index contributed by atoms with van der Waals surface area (Å²) in [5.74, 6) is 1.69. The summed E-state index contributed by atoms with van der Waals surface area (Å²) in [5, 5.41) is 0. The van der Waals surface area contributed by atoms with Crippen molar-refractivity contribution in [3.05, 3.63) is 81.9 Å². The molecule has 0 radical (unpaired) electrons. The number of hydrogen-bond donors (Lipinski definition) is 0. The molecule has 0 aliphatic heterocycles. The molecule has 0 aliphatic rings. The number of nitrogens with zero attached hydrogens (tertiary/aromatic N) is 4. The topological polar surface area (TPSA) is 70.0 Å². The van der Waals surface area contributed by atoms with Gasteiger partial charge in [0.1, 0.15) is 22.1 Å². The van der Waals surface area contributed by atoms with Gasteiger partial charge in [0.2, 0.25) is 0 Å². The van der Waals surface area contributed by atoms with Gasteiger partial charge in [-0.3, -0.25) is 0 Å². The smallest absolute Gasteiger partial charge is 0.166 e. The Morgan fingerprint density at radius 1 is 0.442 bits per heavy atom. The number of benzene rings is 4. The molecule has 0 aliphatic carbocycles. The predicted octanol–water partition coefficient (Wildman–Crippen LogP) is 13.0. The summed E-state index contributed by atoms with van der Waals surface area (Å²) >= 11 is 2.56. The second kappa shape index (κ2) is 19.3. The van der Waals surface area contributed by atoms with Crippen molar-refractivity contribution >= 4 is 45.5 Å². The third-order valence-electron chi connectivity index (χ3n) is 9.90. The highest BCUT2D eigenvalue weighted by Crippen LogP contribution is 2.43. The van der Waals surface area contributed by atoms with Gasteiger partial charge in [0, 0.05) is 11.1 Å². The molecule has 276 valence electrons. The van der Waals surface area contributed by atoms with Gasteiger partial charge >= 0.3 is 0 Å². The fraction of sp³-hybridized carbons (Fsp3) is 0.455. The molecule has 8 heteroatoms. The summed E-state index contributed by atoms with van der Waals surface area (Å²) in [6, 6.07) is 18.3. The lowest BCUT2D eigenvalue weighted by Gasteiger charge is -2.18. The Balaban J connectivity index is 0.000000217. The fourth-order valence-electron chi connectivity index (χ4n) is 6.67. The van der Waals surface area contributed by atoms with Gasteiger partial charge in [-0.15, -0.1) is 0 Å². The molecular formula is C44H56N4O2S2. The first-order chi connectivity index (χ1) is 25.3. The normalized spacial score (nSPS) is 11.2. The van der Waals surface area contributed by atoms with Crippen LogP contribution in [-0.2, 0) is 12.8 Å². The number of aromatic nitrogens is 4. The van der Waals surface area contributed by atoms with E-state index in [1.807, 2.05) is 13.8 Å². The zero-order chi connectivity index (χ0) is 37.0. The Kier molecular flexibility index (Phi) is 14.6. The molecule has 0 atom stereocenters. The van der Waals surface area contributed by atoms with Crippen LogP contribution in [0.3, 0.4) is 0 Å². The maximum absolute atomic E-state index is 6.01. The van der Waals surface area contributed by atoms with E-state index in [9.17, 15) is 0 Å². The molecule has 6 nitrogen and oxygen atoms in total. The first-order valence-electron chi connectivity index (χ1n) is 19.3. The molecule has 0 N–H and O–H groups in total. The molecular weight excluding hydrogens is 681 g/mol. The van der Waals surface area contributed by atoms with Gasteiger partial charge in [-0.2, -0.15) is 17.5 Å². The minimum Gasteiger partial charge on any atom is -0.489 e. The highest BCUT2D eigenvalue weighted by Gasteiger charge is 2.21. The largest absolute Gasteiger partial charge is 0.489 e. The van der Waals surface area contributed by atoms with E-state index >= 15 is 0 Å². The third kappa shape index (κ3) is 9.00. The third-order valence-corrected chi connectivity index (χ3v) is 11.0. The van der Waals surface area contributed by atoms with Gasteiger partial charge in [0.25, 0.3) is 0 Å². The number of aryl methyl sites for hydroxylation is 6. The van der Waals surface area contributed by atoms with Crippen LogP contribution in [-0.4, -0.2) is 30.7 Å². The predicted molar refractivity (Wildman–Crippen MR) is 223 cm³/mol. The molecule has 6 rings (SSSR count). The minimum atomic E-state index is 0.712. The Bertz CT molecular complexity index is 1890. The van der Waals surface area contributed by atoms with Crippen molar-refractivity contribution in [2.75, 3.05) is 13.2 Å². The van der Waals surface area contributed by atoms with Crippen molar-refractivity contribution in [3.8, 4) is 33.8 Å². The van der Waals surface area contributed by atoms with E-state index in [1.165, 1.54) is 93.6 Å². The van der Waals surface area contributed by atoms with Crippen LogP contribution < -0.4 is 9.47 Å². The molecule has 0 amide bonds. The van der Waals surface area contributed by atoms with Crippen LogP contribution in [0.25, 0.3) is 44.3 Å². The van der Waals surface area contributed by atoms with E-state index in [0.29, 0.717) is 13.2 Å². The summed E-state index contributed by atoms with van der Waals surface area (Å²) in [4.78, 5) is 0. The van der Waals surface area contributed by atoms with Crippen molar-refractivity contribution in [2.24, 2.45) is 0 Å². The van der Waals surface area contributed by atoms with Gasteiger partial charge in [-0.1, -0.05) is 102 Å². The van der Waals surface area contributed by atoms with Gasteiger partial charge in [-0.05, 0) is 111 Å². The molecule has 0 saturated heterocycles. The van der Waals surface area contributed by atoms with Crippen LogP contribution in [0.1, 0.15) is 112 Å². The van der Waals surface area contributed by atoms with Crippen molar-refractivity contribution < 1.29 is 9.47 Å². The minimum absolute atomic E-state index is 0.712. The molecule has 0 unspecified atom stereocenters. The number of hydrogen-bond acceptors (Lipinski definition) is 8. The molecule has 0 fully saturated rings. The SMILES string of the molecule is CCCCOc1c(OCCCC)c(C)c2nsnc2c1C.CCCCc1ccc(-c2c(-c3ccc(CCCC)cc3)c(C)c3nsnc3c2C)cc1. The van der Waals surface area contributed by atoms with Crippen molar-refractivity contribution in [1.29, 1.82) is 0 Å². The van der Waals surface area contributed by atoms with Crippen molar-refractivity contribution in [3.63, 3.8) is 0 Å². The van der Waals surface area contributed by atoms with E-state index in [2.05, 4.69) is 108 Å². The molecule has 4 aromatic carbocycles. The standard InChI is InChI=1S/C28H32N2S.C16H24N2O2S/c1-5-7-9-21-11-15-23(16-12-21)25-19(3)27-28(30-31-29-27)20(4)26(25)24-17-13-22(14-18-24)10-8-6-2;1-5-7-9-19-15-11(3)13-14(18-21-17-13)12(4)16(15)20-10-8-6-2/h11-18H,5-10H2,1-4H3;5-10H2,1-4H3. The highest BCUT2D eigenvalue weighted by molar-refractivity contribution is 7.00. The summed E-state index contributed by atoms with van der Waals surface area (Å²) in [6.07, 6.45) is 11.5. The molecule has 6 aromatic rings. The van der Waals surface area contributed by atoms with E-state index < -0.39 is 0 Å². The number of ether oxygens (including phenoxy) is 2. The van der Waals surface area contributed by atoms with E-state index in [4.69, 9.17) is 9.47 Å². The Morgan fingerprint density at radius 3 is 1.10 bits per heavy atom. The lowest BCUT2D eigenvalue weighted by atomic mass is 9.86. The molecule has 2 heterocycles. The zero-order valence-electron chi connectivity index (χ0n) is 32.5. The molecule has 0 saturated carbocycles. The molecule has 2 aromatic heterocycles. The average Bonchev–Trinajstić information content (AvgIpc) is 3.87. The van der Waals surface area contributed by atoms with Crippen LogP contribution in [0.5, 0.6) is 11.5 Å². The fourth-order valence-corrected chi connectivity index (χ4v) is 7.98. The Morgan fingerprint density at radius 2 is 0.769 bits per heavy atom. The second-order valence-electron chi connectivity index (χ2n) is 13.8. The van der Waals surface area contributed by atoms with Crippen LogP contribution in [0.2, 0.25) is 0 Å². The van der Waals surface area contributed by atoms with E-state index in [1.54, 1.807) is 0 Å². The summed E-state index contributed by atoms with van der Waals surface area (Å²) < 4.78 is 30.1. The van der Waals surface area contributed by atoms with E-state index in [0.717, 1.165) is 83.2 Å². The summed E-state index contributed by atoms with van der Waals surface area (Å²) in [5.41, 5.74) is 16.4. The lowest BCUT2D eigenvalue weighted by molar-refractivity contribution is 0.260. The maximum atomic E-state index is 6.01. The van der Waals surface area contributed by atoms with Crippen LogP contribution in [0.15, 0.2) is 48.5 Å². The second-order valence-corrected chi connectivity index (χ2v) is 14.9. The van der Waals surface area contributed by atoms with Crippen LogP contribution >= 0.6 is 23.5 Å². The van der Waals surface area contributed by atoms with Gasteiger partial charge in [-0.25, -0.2) is 0 Å². The quantitative estimate of drug-likeness (QED) is 0.0922. The Labute approximate surface area is 319 Å². The van der Waals surface area contributed by atoms with Gasteiger partial charge in [0.05, 0.1) is 36.7 Å². The van der Waals surface area contributed by atoms with Crippen LogP contribution in [0.4, 0.5) is 0 Å². The highest BCUT2D eigenvalue weighted by atomic mass is 32.1. The van der Waals surface area contributed by atoms with E-state index in [-0.39, 0.29) is 0 Å². The Hall–Kier alpha value is -3.88. The van der Waals surface area contributed by atoms with Crippen molar-refractivity contribution in [2.45, 2.75) is 120 Å². The van der Waals surface area contributed by atoms with Crippen molar-refractivity contribution in [1.82, 2.24) is 17.5 Å². The lowest BCUT2D eigenvalue weighted by Crippen LogP contribution is -2.06. The molecule has 0 bridgehead atoms.